The van der Waals surface area contributed by atoms with E-state index in [0.29, 0.717) is 16.9 Å². The van der Waals surface area contributed by atoms with Crippen molar-refractivity contribution in [2.45, 2.75) is 18.4 Å². The molecule has 33 heavy (non-hydrogen) atoms. The molecule has 5 nitrogen and oxygen atoms in total. The van der Waals surface area contributed by atoms with Crippen LogP contribution in [-0.4, -0.2) is 14.3 Å². The summed E-state index contributed by atoms with van der Waals surface area (Å²) in [6, 6.07) is 32.0. The van der Waals surface area contributed by atoms with Crippen molar-refractivity contribution in [3.8, 4) is 0 Å². The van der Waals surface area contributed by atoms with Gasteiger partial charge in [-0.3, -0.25) is 9.10 Å². The minimum atomic E-state index is -3.83. The van der Waals surface area contributed by atoms with Crippen LogP contribution in [-0.2, 0) is 16.6 Å². The Morgan fingerprint density at radius 3 is 1.94 bits per heavy atom. The van der Waals surface area contributed by atoms with Crippen LogP contribution in [0.4, 0.5) is 11.4 Å². The predicted molar refractivity (Wildman–Crippen MR) is 132 cm³/mol. The van der Waals surface area contributed by atoms with Crippen molar-refractivity contribution in [1.82, 2.24) is 0 Å². The molecular weight excluding hydrogens is 432 g/mol. The molecule has 6 heteroatoms. The molecule has 0 bridgehead atoms. The lowest BCUT2D eigenvalue weighted by Gasteiger charge is -2.25. The predicted octanol–water partition coefficient (Wildman–Crippen LogP) is 5.64. The second-order valence-corrected chi connectivity index (χ2v) is 9.54. The van der Waals surface area contributed by atoms with Gasteiger partial charge in [0.05, 0.1) is 17.1 Å². The number of amides is 1. The van der Waals surface area contributed by atoms with E-state index in [2.05, 4.69) is 5.32 Å². The minimum Gasteiger partial charge on any atom is -0.322 e. The van der Waals surface area contributed by atoms with Gasteiger partial charge in [0.25, 0.3) is 15.9 Å². The van der Waals surface area contributed by atoms with Gasteiger partial charge in [-0.05, 0) is 61.0 Å². The summed E-state index contributed by atoms with van der Waals surface area (Å²) in [5.74, 6) is -0.249. The van der Waals surface area contributed by atoms with Gasteiger partial charge in [0.2, 0.25) is 0 Å². The van der Waals surface area contributed by atoms with Gasteiger partial charge >= 0.3 is 0 Å². The lowest BCUT2D eigenvalue weighted by atomic mass is 10.1. The summed E-state index contributed by atoms with van der Waals surface area (Å²) >= 11 is 0. The monoisotopic (exact) mass is 456 g/mol. The van der Waals surface area contributed by atoms with Gasteiger partial charge in [-0.25, -0.2) is 8.42 Å². The largest absolute Gasteiger partial charge is 0.322 e. The molecule has 0 atom stereocenters. The molecule has 0 spiro atoms. The van der Waals surface area contributed by atoms with E-state index in [9.17, 15) is 13.2 Å². The van der Waals surface area contributed by atoms with Gasteiger partial charge in [0.15, 0.2) is 0 Å². The lowest BCUT2D eigenvalue weighted by molar-refractivity contribution is 0.102. The number of anilines is 2. The molecule has 0 aliphatic carbocycles. The van der Waals surface area contributed by atoms with E-state index in [1.54, 1.807) is 36.4 Å². The Morgan fingerprint density at radius 2 is 1.33 bits per heavy atom. The summed E-state index contributed by atoms with van der Waals surface area (Å²) in [5, 5.41) is 2.81. The minimum absolute atomic E-state index is 0.149. The van der Waals surface area contributed by atoms with Crippen LogP contribution < -0.4 is 9.62 Å². The number of hydrogen-bond acceptors (Lipinski definition) is 3. The first-order valence-electron chi connectivity index (χ1n) is 10.5. The SMILES string of the molecule is Cc1ccc(C(=O)Nc2ccc(S(=O)(=O)N(Cc3ccccc3)c3ccccc3)cc2)cc1. The first-order chi connectivity index (χ1) is 15.9. The van der Waals surface area contributed by atoms with Crippen molar-refractivity contribution < 1.29 is 13.2 Å². The molecule has 4 aromatic rings. The maximum atomic E-state index is 13.6. The van der Waals surface area contributed by atoms with E-state index < -0.39 is 10.0 Å². The van der Waals surface area contributed by atoms with E-state index in [1.807, 2.05) is 67.6 Å². The molecule has 1 N–H and O–H groups in total. The molecule has 166 valence electrons. The van der Waals surface area contributed by atoms with Crippen LogP contribution in [0, 0.1) is 6.92 Å². The van der Waals surface area contributed by atoms with Crippen LogP contribution >= 0.6 is 0 Å². The lowest BCUT2D eigenvalue weighted by Crippen LogP contribution is -2.30. The van der Waals surface area contributed by atoms with Crippen LogP contribution in [0.2, 0.25) is 0 Å². The van der Waals surface area contributed by atoms with E-state index >= 15 is 0 Å². The van der Waals surface area contributed by atoms with Crippen LogP contribution in [0.1, 0.15) is 21.5 Å². The van der Waals surface area contributed by atoms with E-state index in [1.165, 1.54) is 16.4 Å². The van der Waals surface area contributed by atoms with Crippen molar-refractivity contribution in [2.24, 2.45) is 0 Å². The molecular formula is C27H24N2O3S. The molecule has 0 unspecified atom stereocenters. The fourth-order valence-electron chi connectivity index (χ4n) is 3.40. The highest BCUT2D eigenvalue weighted by Gasteiger charge is 2.25. The Hall–Kier alpha value is -3.90. The highest BCUT2D eigenvalue weighted by molar-refractivity contribution is 7.92. The van der Waals surface area contributed by atoms with Gasteiger partial charge < -0.3 is 5.32 Å². The van der Waals surface area contributed by atoms with E-state index in [0.717, 1.165) is 11.1 Å². The number of nitrogens with zero attached hydrogens (tertiary/aromatic N) is 1. The molecule has 0 fully saturated rings. The highest BCUT2D eigenvalue weighted by atomic mass is 32.2. The average Bonchev–Trinajstić information content (AvgIpc) is 2.84. The number of rotatable bonds is 7. The van der Waals surface area contributed by atoms with Gasteiger partial charge in [-0.1, -0.05) is 66.2 Å². The molecule has 0 saturated heterocycles. The van der Waals surface area contributed by atoms with Crippen molar-refractivity contribution in [3.63, 3.8) is 0 Å². The number of benzene rings is 4. The number of nitrogens with one attached hydrogen (secondary N) is 1. The first-order valence-corrected chi connectivity index (χ1v) is 12.0. The second kappa shape index (κ2) is 9.71. The number of carbonyl (C=O) groups is 1. The highest BCUT2D eigenvalue weighted by Crippen LogP contribution is 2.26. The standard InChI is InChI=1S/C27H24N2O3S/c1-21-12-14-23(15-13-21)27(30)28-24-16-18-26(19-17-24)33(31,32)29(25-10-6-3-7-11-25)20-22-8-4-2-5-9-22/h2-19H,20H2,1H3,(H,28,30). The van der Waals surface area contributed by atoms with Crippen molar-refractivity contribution in [1.29, 1.82) is 0 Å². The Labute approximate surface area is 194 Å². The summed E-state index contributed by atoms with van der Waals surface area (Å²) in [4.78, 5) is 12.6. The Kier molecular flexibility index (Phi) is 6.56. The summed E-state index contributed by atoms with van der Waals surface area (Å²) in [7, 11) is -3.83. The van der Waals surface area contributed by atoms with Crippen LogP contribution in [0.3, 0.4) is 0 Å². The van der Waals surface area contributed by atoms with E-state index in [4.69, 9.17) is 0 Å². The fourth-order valence-corrected chi connectivity index (χ4v) is 4.86. The summed E-state index contributed by atoms with van der Waals surface area (Å²) in [6.45, 7) is 2.16. The summed E-state index contributed by atoms with van der Waals surface area (Å²) in [6.07, 6.45) is 0. The zero-order valence-electron chi connectivity index (χ0n) is 18.2. The van der Waals surface area contributed by atoms with Gasteiger partial charge in [-0.2, -0.15) is 0 Å². The normalized spacial score (nSPS) is 11.1. The Balaban J connectivity index is 1.59. The van der Waals surface area contributed by atoms with Crippen molar-refractivity contribution in [2.75, 3.05) is 9.62 Å². The third-order valence-corrected chi connectivity index (χ3v) is 7.02. The van der Waals surface area contributed by atoms with Gasteiger partial charge in [-0.15, -0.1) is 0 Å². The zero-order chi connectivity index (χ0) is 23.3. The van der Waals surface area contributed by atoms with Crippen LogP contribution in [0.5, 0.6) is 0 Å². The van der Waals surface area contributed by atoms with Crippen LogP contribution in [0.15, 0.2) is 114 Å². The molecule has 0 aromatic heterocycles. The number of sulfonamides is 1. The number of carbonyl (C=O) groups excluding carboxylic acids is 1. The van der Waals surface area contributed by atoms with E-state index in [-0.39, 0.29) is 17.3 Å². The fraction of sp³-hybridized carbons (Fsp3) is 0.0741. The summed E-state index contributed by atoms with van der Waals surface area (Å²) in [5.41, 5.74) is 3.59. The van der Waals surface area contributed by atoms with Crippen LogP contribution in [0.25, 0.3) is 0 Å². The Bertz CT molecular complexity index is 1320. The smallest absolute Gasteiger partial charge is 0.264 e. The summed E-state index contributed by atoms with van der Waals surface area (Å²) < 4.78 is 28.5. The van der Waals surface area contributed by atoms with Gasteiger partial charge in [0, 0.05) is 11.3 Å². The molecule has 0 aliphatic rings. The molecule has 0 saturated carbocycles. The molecule has 4 aromatic carbocycles. The molecule has 1 amide bonds. The van der Waals surface area contributed by atoms with Crippen molar-refractivity contribution >= 4 is 27.3 Å². The third-order valence-electron chi connectivity index (χ3n) is 5.23. The molecule has 0 heterocycles. The molecule has 0 aliphatic heterocycles. The van der Waals surface area contributed by atoms with Gasteiger partial charge in [0.1, 0.15) is 0 Å². The molecule has 4 rings (SSSR count). The topological polar surface area (TPSA) is 66.5 Å². The molecule has 0 radical (unpaired) electrons. The maximum absolute atomic E-state index is 13.6. The number of hydrogen-bond donors (Lipinski definition) is 1. The number of para-hydroxylation sites is 1. The number of aryl methyl sites for hydroxylation is 1. The first kappa shape index (κ1) is 22.3. The quantitative estimate of drug-likeness (QED) is 0.391. The Morgan fingerprint density at radius 1 is 0.758 bits per heavy atom. The van der Waals surface area contributed by atoms with Crippen molar-refractivity contribution in [3.05, 3.63) is 126 Å². The average molecular weight is 457 g/mol. The second-order valence-electron chi connectivity index (χ2n) is 7.68. The maximum Gasteiger partial charge on any atom is 0.264 e. The zero-order valence-corrected chi connectivity index (χ0v) is 19.0. The third kappa shape index (κ3) is 5.30.